The third kappa shape index (κ3) is 4.52. The maximum atomic E-state index is 12.5. The van der Waals surface area contributed by atoms with Crippen molar-refractivity contribution in [2.75, 3.05) is 18.4 Å². The van der Waals surface area contributed by atoms with Crippen molar-refractivity contribution in [1.29, 1.82) is 0 Å². The number of fused-ring (bicyclic) bond motifs is 1. The quantitative estimate of drug-likeness (QED) is 0.616. The molecule has 2 aromatic heterocycles. The third-order valence-corrected chi connectivity index (χ3v) is 6.10. The average molecular weight is 476 g/mol. The molecular formula is C21H20BrClN4O2. The number of anilines is 1. The Labute approximate surface area is 181 Å². The lowest BCUT2D eigenvalue weighted by atomic mass is 9.96. The molecule has 6 nitrogen and oxygen atoms in total. The molecule has 0 atom stereocenters. The minimum Gasteiger partial charge on any atom is -0.333 e. The summed E-state index contributed by atoms with van der Waals surface area (Å²) < 4.78 is 2.98. The fourth-order valence-electron chi connectivity index (χ4n) is 3.68. The molecule has 0 aliphatic carbocycles. The third-order valence-electron chi connectivity index (χ3n) is 5.23. The number of nitrogens with one attached hydrogen (secondary N) is 1. The van der Waals surface area contributed by atoms with Crippen LogP contribution in [0.15, 0.2) is 58.1 Å². The van der Waals surface area contributed by atoms with Crippen molar-refractivity contribution in [2.24, 2.45) is 5.92 Å². The van der Waals surface area contributed by atoms with Gasteiger partial charge in [0.1, 0.15) is 5.82 Å². The van der Waals surface area contributed by atoms with Crippen LogP contribution in [0, 0.1) is 5.92 Å². The first kappa shape index (κ1) is 20.1. The molecule has 1 saturated heterocycles. The highest BCUT2D eigenvalue weighted by atomic mass is 79.9. The van der Waals surface area contributed by atoms with Crippen LogP contribution in [0.3, 0.4) is 0 Å². The van der Waals surface area contributed by atoms with Crippen molar-refractivity contribution in [3.63, 3.8) is 0 Å². The van der Waals surface area contributed by atoms with Gasteiger partial charge in [0.05, 0.1) is 17.2 Å². The summed E-state index contributed by atoms with van der Waals surface area (Å²) in [7, 11) is 0. The Morgan fingerprint density at radius 2 is 2.00 bits per heavy atom. The van der Waals surface area contributed by atoms with Crippen LogP contribution in [0.4, 0.5) is 5.82 Å². The van der Waals surface area contributed by atoms with Crippen molar-refractivity contribution < 1.29 is 4.79 Å². The molecule has 1 aromatic carbocycles. The first-order valence-corrected chi connectivity index (χ1v) is 10.6. The van der Waals surface area contributed by atoms with Gasteiger partial charge in [0.2, 0.25) is 5.91 Å². The Morgan fingerprint density at radius 3 is 2.72 bits per heavy atom. The largest absolute Gasteiger partial charge is 0.333 e. The van der Waals surface area contributed by atoms with E-state index in [1.165, 1.54) is 6.20 Å². The molecule has 0 spiro atoms. The van der Waals surface area contributed by atoms with E-state index in [1.54, 1.807) is 18.2 Å². The van der Waals surface area contributed by atoms with Gasteiger partial charge in [0.15, 0.2) is 5.43 Å². The minimum atomic E-state index is -0.0405. The molecule has 0 saturated carbocycles. The molecule has 1 amide bonds. The number of benzene rings is 1. The zero-order valence-electron chi connectivity index (χ0n) is 15.6. The van der Waals surface area contributed by atoms with Crippen LogP contribution in [0.5, 0.6) is 0 Å². The molecule has 4 rings (SSSR count). The number of pyridine rings is 2. The molecule has 0 unspecified atom stereocenters. The molecule has 1 fully saturated rings. The van der Waals surface area contributed by atoms with Crippen LogP contribution in [0.1, 0.15) is 12.8 Å². The Kier molecular flexibility index (Phi) is 5.99. The predicted octanol–water partition coefficient (Wildman–Crippen LogP) is 4.12. The summed E-state index contributed by atoms with van der Waals surface area (Å²) in [5.74, 6) is 0.476. The molecule has 3 heterocycles. The zero-order valence-corrected chi connectivity index (χ0v) is 18.0. The van der Waals surface area contributed by atoms with Gasteiger partial charge >= 0.3 is 0 Å². The number of nitrogens with zero attached hydrogens (tertiary/aromatic N) is 3. The summed E-state index contributed by atoms with van der Waals surface area (Å²) in [5, 5.41) is 4.11. The number of carbonyl (C=O) groups is 1. The highest BCUT2D eigenvalue weighted by molar-refractivity contribution is 9.10. The number of hydrogen-bond donors (Lipinski definition) is 1. The molecule has 150 valence electrons. The second-order valence-corrected chi connectivity index (χ2v) is 8.46. The Balaban J connectivity index is 1.40. The van der Waals surface area contributed by atoms with E-state index < -0.39 is 0 Å². The van der Waals surface area contributed by atoms with Gasteiger partial charge < -0.3 is 9.88 Å². The van der Waals surface area contributed by atoms with E-state index in [2.05, 4.69) is 35.7 Å². The van der Waals surface area contributed by atoms with Gasteiger partial charge in [0.25, 0.3) is 0 Å². The van der Waals surface area contributed by atoms with Crippen LogP contribution in [0.25, 0.3) is 10.9 Å². The summed E-state index contributed by atoms with van der Waals surface area (Å²) in [6.07, 6.45) is 4.91. The second-order valence-electron chi connectivity index (χ2n) is 7.17. The summed E-state index contributed by atoms with van der Waals surface area (Å²) >= 11 is 9.40. The fourth-order valence-corrected chi connectivity index (χ4v) is 4.38. The van der Waals surface area contributed by atoms with Gasteiger partial charge in [-0.1, -0.05) is 17.7 Å². The van der Waals surface area contributed by atoms with E-state index in [1.807, 2.05) is 24.4 Å². The molecule has 3 aromatic rings. The molecule has 1 aliphatic heterocycles. The monoisotopic (exact) mass is 474 g/mol. The van der Waals surface area contributed by atoms with Gasteiger partial charge in [0, 0.05) is 47.3 Å². The summed E-state index contributed by atoms with van der Waals surface area (Å²) in [4.78, 5) is 31.1. The van der Waals surface area contributed by atoms with Gasteiger partial charge in [-0.3, -0.25) is 14.5 Å². The minimum absolute atomic E-state index is 0.00368. The van der Waals surface area contributed by atoms with Gasteiger partial charge in [-0.15, -0.1) is 0 Å². The highest BCUT2D eigenvalue weighted by Gasteiger charge is 2.25. The number of piperidine rings is 1. The molecule has 0 bridgehead atoms. The zero-order chi connectivity index (χ0) is 20.4. The lowest BCUT2D eigenvalue weighted by Gasteiger charge is -2.32. The van der Waals surface area contributed by atoms with E-state index in [4.69, 9.17) is 11.6 Å². The van der Waals surface area contributed by atoms with E-state index in [-0.39, 0.29) is 17.3 Å². The van der Waals surface area contributed by atoms with Gasteiger partial charge in [-0.25, -0.2) is 4.98 Å². The number of para-hydroxylation sites is 1. The van der Waals surface area contributed by atoms with Crippen molar-refractivity contribution in [3.05, 3.63) is 68.5 Å². The van der Waals surface area contributed by atoms with Gasteiger partial charge in [-0.2, -0.15) is 0 Å². The summed E-state index contributed by atoms with van der Waals surface area (Å²) in [5.41, 5.74) is 0.914. The lowest BCUT2D eigenvalue weighted by Crippen LogP contribution is -2.39. The number of rotatable bonds is 4. The van der Waals surface area contributed by atoms with E-state index in [9.17, 15) is 9.59 Å². The van der Waals surface area contributed by atoms with Crippen LogP contribution in [-0.4, -0.2) is 33.4 Å². The normalized spacial score (nSPS) is 15.5. The molecular weight excluding hydrogens is 456 g/mol. The molecule has 1 aliphatic rings. The number of likely N-dealkylation sites (tertiary alicyclic amines) is 1. The van der Waals surface area contributed by atoms with Crippen LogP contribution in [-0.2, 0) is 11.5 Å². The van der Waals surface area contributed by atoms with E-state index >= 15 is 0 Å². The van der Waals surface area contributed by atoms with Crippen molar-refractivity contribution >= 4 is 50.2 Å². The van der Waals surface area contributed by atoms with Crippen LogP contribution < -0.4 is 10.7 Å². The van der Waals surface area contributed by atoms with Gasteiger partial charge in [-0.05, 0) is 53.0 Å². The van der Waals surface area contributed by atoms with E-state index in [0.29, 0.717) is 22.9 Å². The highest BCUT2D eigenvalue weighted by Crippen LogP contribution is 2.24. The smallest absolute Gasteiger partial charge is 0.228 e. The molecule has 8 heteroatoms. The number of aromatic nitrogens is 2. The number of carbonyl (C=O) groups excluding carboxylic acids is 1. The SMILES string of the molecule is O=C(Nc1ccc(Cl)cn1)C1CCN(Cn2ccc(=O)c3cccc(Br)c32)CC1. The Hall–Kier alpha value is -2.22. The summed E-state index contributed by atoms with van der Waals surface area (Å²) in [6.45, 7) is 2.29. The Bertz CT molecular complexity index is 1090. The topological polar surface area (TPSA) is 67.2 Å². The first-order chi connectivity index (χ1) is 14.0. The number of amides is 1. The molecule has 29 heavy (non-hydrogen) atoms. The summed E-state index contributed by atoms with van der Waals surface area (Å²) in [6, 6.07) is 10.7. The van der Waals surface area contributed by atoms with E-state index in [0.717, 1.165) is 35.9 Å². The number of hydrogen-bond acceptors (Lipinski definition) is 4. The molecule has 0 radical (unpaired) electrons. The van der Waals surface area contributed by atoms with Crippen molar-refractivity contribution in [1.82, 2.24) is 14.5 Å². The maximum absolute atomic E-state index is 12.5. The predicted molar refractivity (Wildman–Crippen MR) is 118 cm³/mol. The van der Waals surface area contributed by atoms with Crippen LogP contribution >= 0.6 is 27.5 Å². The Morgan fingerprint density at radius 1 is 1.21 bits per heavy atom. The lowest BCUT2D eigenvalue weighted by molar-refractivity contribution is -0.121. The maximum Gasteiger partial charge on any atom is 0.228 e. The van der Waals surface area contributed by atoms with Crippen molar-refractivity contribution in [2.45, 2.75) is 19.5 Å². The average Bonchev–Trinajstić information content (AvgIpc) is 2.72. The van der Waals surface area contributed by atoms with Crippen LogP contribution in [0.2, 0.25) is 5.02 Å². The van der Waals surface area contributed by atoms with Crippen molar-refractivity contribution in [3.8, 4) is 0 Å². The second kappa shape index (κ2) is 8.65. The molecule has 1 N–H and O–H groups in total. The first-order valence-electron chi connectivity index (χ1n) is 9.44. The standard InChI is InChI=1S/C21H20BrClN4O2/c22-17-3-1-2-16-18(28)8-11-27(20(16)17)13-26-9-6-14(7-10-26)21(29)25-19-5-4-15(23)12-24-19/h1-5,8,11-12,14H,6-7,9-10,13H2,(H,24,25,29). The number of halogens is 2. The fraction of sp³-hybridized carbons (Fsp3) is 0.286.